The van der Waals surface area contributed by atoms with Crippen LogP contribution in [0.1, 0.15) is 64.2 Å². The first-order valence-corrected chi connectivity index (χ1v) is 8.93. The Morgan fingerprint density at radius 3 is 1.54 bits per heavy atom. The Morgan fingerprint density at radius 1 is 0.750 bits per heavy atom. The quantitative estimate of drug-likeness (QED) is 0.600. The average Bonchev–Trinajstić information content (AvgIpc) is 2.58. The summed E-state index contributed by atoms with van der Waals surface area (Å²) >= 11 is 0. The van der Waals surface area contributed by atoms with Gasteiger partial charge in [-0.3, -0.25) is 19.2 Å². The number of ketones is 2. The first kappa shape index (κ1) is 18.6. The molecule has 2 atom stereocenters. The molecule has 2 rings (SSSR count). The van der Waals surface area contributed by atoms with E-state index in [4.69, 9.17) is 9.47 Å². The van der Waals surface area contributed by atoms with Gasteiger partial charge in [0.25, 0.3) is 0 Å². The average molecular weight is 338 g/mol. The van der Waals surface area contributed by atoms with Crippen molar-refractivity contribution in [1.29, 1.82) is 0 Å². The number of rotatable bonds is 9. The molecule has 0 aromatic heterocycles. The van der Waals surface area contributed by atoms with Gasteiger partial charge in [0.1, 0.15) is 11.6 Å². The van der Waals surface area contributed by atoms with Crippen LogP contribution in [0.15, 0.2) is 0 Å². The molecule has 2 saturated heterocycles. The highest BCUT2D eigenvalue weighted by molar-refractivity contribution is 5.86. The lowest BCUT2D eigenvalue weighted by atomic mass is 9.92. The molecule has 0 amide bonds. The molecule has 0 spiro atoms. The predicted molar refractivity (Wildman–Crippen MR) is 85.1 cm³/mol. The van der Waals surface area contributed by atoms with Crippen molar-refractivity contribution in [2.24, 2.45) is 11.8 Å². The van der Waals surface area contributed by atoms with Crippen LogP contribution in [-0.4, -0.2) is 36.7 Å². The highest BCUT2D eigenvalue weighted by atomic mass is 16.5. The summed E-state index contributed by atoms with van der Waals surface area (Å²) in [6.45, 7) is 0.957. The molecule has 0 radical (unpaired) electrons. The summed E-state index contributed by atoms with van der Waals surface area (Å²) in [5, 5.41) is 0. The number of carbonyl (C=O) groups excluding carboxylic acids is 4. The van der Waals surface area contributed by atoms with Crippen LogP contribution in [0.25, 0.3) is 0 Å². The van der Waals surface area contributed by atoms with E-state index in [0.29, 0.717) is 38.9 Å². The zero-order valence-electron chi connectivity index (χ0n) is 14.1. The Kier molecular flexibility index (Phi) is 7.40. The molecule has 2 aliphatic rings. The molecule has 0 bridgehead atoms. The van der Waals surface area contributed by atoms with Crippen molar-refractivity contribution in [3.8, 4) is 0 Å². The van der Waals surface area contributed by atoms with E-state index in [-0.39, 0.29) is 48.2 Å². The van der Waals surface area contributed by atoms with Crippen LogP contribution < -0.4 is 0 Å². The van der Waals surface area contributed by atoms with Crippen molar-refractivity contribution in [1.82, 2.24) is 0 Å². The molecule has 0 aliphatic carbocycles. The highest BCUT2D eigenvalue weighted by Crippen LogP contribution is 2.22. The third-order valence-corrected chi connectivity index (χ3v) is 4.78. The second kappa shape index (κ2) is 9.55. The van der Waals surface area contributed by atoms with Crippen LogP contribution in [0.5, 0.6) is 0 Å². The van der Waals surface area contributed by atoms with Crippen molar-refractivity contribution in [3.63, 3.8) is 0 Å². The summed E-state index contributed by atoms with van der Waals surface area (Å²) < 4.78 is 9.95. The van der Waals surface area contributed by atoms with Gasteiger partial charge in [-0.2, -0.15) is 0 Å². The second-order valence-electron chi connectivity index (χ2n) is 6.67. The molecule has 6 heteroatoms. The summed E-state index contributed by atoms with van der Waals surface area (Å²) in [5.74, 6) is -0.724. The Hall–Kier alpha value is -1.72. The number of Topliss-reactive ketones (excluding diaryl/α,β-unsaturated/α-hetero) is 2. The number of esters is 2. The fraction of sp³-hybridized carbons (Fsp3) is 0.778. The van der Waals surface area contributed by atoms with Gasteiger partial charge in [-0.25, -0.2) is 0 Å². The van der Waals surface area contributed by atoms with E-state index in [1.165, 1.54) is 0 Å². The lowest BCUT2D eigenvalue weighted by Gasteiger charge is -2.20. The highest BCUT2D eigenvalue weighted by Gasteiger charge is 2.25. The van der Waals surface area contributed by atoms with Crippen LogP contribution in [0.2, 0.25) is 0 Å². The largest absolute Gasteiger partial charge is 0.465 e. The van der Waals surface area contributed by atoms with Crippen LogP contribution in [0.4, 0.5) is 0 Å². The van der Waals surface area contributed by atoms with E-state index in [0.717, 1.165) is 25.7 Å². The number of hydrogen-bond donors (Lipinski definition) is 0. The third-order valence-electron chi connectivity index (χ3n) is 4.78. The molecular formula is C18H26O6. The van der Waals surface area contributed by atoms with E-state index in [2.05, 4.69) is 0 Å². The van der Waals surface area contributed by atoms with Gasteiger partial charge in [-0.15, -0.1) is 0 Å². The fourth-order valence-corrected chi connectivity index (χ4v) is 3.20. The molecule has 0 N–H and O–H groups in total. The monoisotopic (exact) mass is 338 g/mol. The first-order valence-electron chi connectivity index (χ1n) is 8.93. The summed E-state index contributed by atoms with van der Waals surface area (Å²) in [4.78, 5) is 46.8. The number of ether oxygens (including phenoxy) is 2. The van der Waals surface area contributed by atoms with Crippen LogP contribution in [0, 0.1) is 11.8 Å². The minimum absolute atomic E-state index is 0.0128. The minimum atomic E-state index is -0.204. The van der Waals surface area contributed by atoms with Crippen molar-refractivity contribution in [3.05, 3.63) is 0 Å². The first-order chi connectivity index (χ1) is 11.6. The molecule has 0 aromatic rings. The van der Waals surface area contributed by atoms with Gasteiger partial charge < -0.3 is 9.47 Å². The standard InChI is InChI=1S/C18H26O6/c19-15(7-5-13-3-1-11-23-17(13)21)9-10-16(20)8-6-14-4-2-12-24-18(14)22/h13-14H,1-12H2. The lowest BCUT2D eigenvalue weighted by Crippen LogP contribution is -2.25. The van der Waals surface area contributed by atoms with Crippen LogP contribution in [0.3, 0.4) is 0 Å². The molecule has 134 valence electrons. The molecule has 24 heavy (non-hydrogen) atoms. The molecule has 0 aromatic carbocycles. The van der Waals surface area contributed by atoms with Gasteiger partial charge in [0.15, 0.2) is 0 Å². The van der Waals surface area contributed by atoms with E-state index in [9.17, 15) is 19.2 Å². The van der Waals surface area contributed by atoms with Gasteiger partial charge in [0, 0.05) is 25.7 Å². The van der Waals surface area contributed by atoms with Crippen LogP contribution in [-0.2, 0) is 28.7 Å². The fourth-order valence-electron chi connectivity index (χ4n) is 3.20. The number of hydrogen-bond acceptors (Lipinski definition) is 6. The normalized spacial score (nSPS) is 24.2. The van der Waals surface area contributed by atoms with Gasteiger partial charge in [0.05, 0.1) is 25.0 Å². The van der Waals surface area contributed by atoms with E-state index in [1.807, 2.05) is 0 Å². The zero-order chi connectivity index (χ0) is 17.4. The molecule has 2 fully saturated rings. The molecule has 2 heterocycles. The predicted octanol–water partition coefficient (Wildman–Crippen LogP) is 2.37. The molecular weight excluding hydrogens is 312 g/mol. The second-order valence-corrected chi connectivity index (χ2v) is 6.67. The maximum absolute atomic E-state index is 11.9. The van der Waals surface area contributed by atoms with Crippen molar-refractivity contribution >= 4 is 23.5 Å². The van der Waals surface area contributed by atoms with Crippen LogP contribution >= 0.6 is 0 Å². The zero-order valence-corrected chi connectivity index (χ0v) is 14.1. The molecule has 0 saturated carbocycles. The van der Waals surface area contributed by atoms with E-state index in [1.54, 1.807) is 0 Å². The van der Waals surface area contributed by atoms with E-state index >= 15 is 0 Å². The topological polar surface area (TPSA) is 86.7 Å². The van der Waals surface area contributed by atoms with Gasteiger partial charge in [0.2, 0.25) is 0 Å². The Labute approximate surface area is 142 Å². The molecule has 6 nitrogen and oxygen atoms in total. The molecule has 2 unspecified atom stereocenters. The maximum Gasteiger partial charge on any atom is 0.308 e. The Balaban J connectivity index is 1.58. The summed E-state index contributed by atoms with van der Waals surface area (Å²) in [7, 11) is 0. The minimum Gasteiger partial charge on any atom is -0.465 e. The van der Waals surface area contributed by atoms with Crippen molar-refractivity contribution in [2.45, 2.75) is 64.2 Å². The van der Waals surface area contributed by atoms with Crippen molar-refractivity contribution in [2.75, 3.05) is 13.2 Å². The lowest BCUT2D eigenvalue weighted by molar-refractivity contribution is -0.154. The summed E-state index contributed by atoms with van der Waals surface area (Å²) in [6, 6.07) is 0. The van der Waals surface area contributed by atoms with Crippen molar-refractivity contribution < 1.29 is 28.7 Å². The maximum atomic E-state index is 11.9. The van der Waals surface area contributed by atoms with Gasteiger partial charge in [-0.1, -0.05) is 0 Å². The summed E-state index contributed by atoms with van der Waals surface area (Å²) in [5.41, 5.74) is 0. The number of carbonyl (C=O) groups is 4. The Bertz CT molecular complexity index is 440. The molecule has 2 aliphatic heterocycles. The van der Waals surface area contributed by atoms with Gasteiger partial charge in [-0.05, 0) is 38.5 Å². The Morgan fingerprint density at radius 2 is 1.17 bits per heavy atom. The SMILES string of the molecule is O=C(CCC(=O)CCC1CCCOC1=O)CCC1CCCOC1=O. The number of cyclic esters (lactones) is 2. The summed E-state index contributed by atoms with van der Waals surface area (Å²) in [6.07, 6.45) is 5.37. The van der Waals surface area contributed by atoms with Gasteiger partial charge >= 0.3 is 11.9 Å². The van der Waals surface area contributed by atoms with E-state index < -0.39 is 0 Å². The smallest absolute Gasteiger partial charge is 0.308 e. The third kappa shape index (κ3) is 6.06.